The van der Waals surface area contributed by atoms with Gasteiger partial charge in [0.25, 0.3) is 0 Å². The highest BCUT2D eigenvalue weighted by molar-refractivity contribution is 5.30. The lowest BCUT2D eigenvalue weighted by molar-refractivity contribution is 0.655. The van der Waals surface area contributed by atoms with E-state index in [2.05, 4.69) is 52.1 Å². The molecule has 0 heteroatoms. The average molecular weight is 359 g/mol. The number of benzene rings is 1. The average Bonchev–Trinajstić information content (AvgIpc) is 2.67. The molecule has 0 radical (unpaired) electrons. The van der Waals surface area contributed by atoms with Crippen LogP contribution in [-0.4, -0.2) is 0 Å². The second-order valence-electron chi connectivity index (χ2n) is 7.59. The maximum Gasteiger partial charge on any atom is -0.0279 e. The maximum absolute atomic E-state index is 3.00. The lowest BCUT2D eigenvalue weighted by Crippen LogP contribution is -1.96. The molecule has 150 valence electrons. The Balaban J connectivity index is 0.00000301. The monoisotopic (exact) mass is 358 g/mol. The Labute approximate surface area is 165 Å². The Bertz CT molecular complexity index is 344. The molecule has 0 aromatic heterocycles. The summed E-state index contributed by atoms with van der Waals surface area (Å²) in [6.07, 6.45) is 20.3. The van der Waals surface area contributed by atoms with E-state index in [0.717, 1.165) is 0 Å². The van der Waals surface area contributed by atoms with Crippen LogP contribution < -0.4 is 0 Å². The largest absolute Gasteiger partial charge is 0.106 e. The molecule has 0 saturated carbocycles. The molecule has 26 heavy (non-hydrogen) atoms. The van der Waals surface area contributed by atoms with Crippen molar-refractivity contribution in [2.75, 3.05) is 0 Å². The van der Waals surface area contributed by atoms with Gasteiger partial charge < -0.3 is 0 Å². The fraction of sp³-hybridized carbons (Fsp3) is 0.692. The lowest BCUT2D eigenvalue weighted by Gasteiger charge is -2.11. The van der Waals surface area contributed by atoms with Crippen molar-refractivity contribution in [3.05, 3.63) is 48.0 Å². The van der Waals surface area contributed by atoms with Gasteiger partial charge in [0.05, 0.1) is 0 Å². The summed E-state index contributed by atoms with van der Waals surface area (Å²) in [7, 11) is 0. The van der Waals surface area contributed by atoms with Crippen LogP contribution in [0.5, 0.6) is 0 Å². The van der Waals surface area contributed by atoms with E-state index in [1.54, 1.807) is 16.7 Å². The highest BCUT2D eigenvalue weighted by Gasteiger charge is 2.03. The van der Waals surface area contributed by atoms with Gasteiger partial charge in [0, 0.05) is 0 Å². The smallest absolute Gasteiger partial charge is 0.0279 e. The molecule has 0 bridgehead atoms. The fourth-order valence-electron chi connectivity index (χ4n) is 3.54. The van der Waals surface area contributed by atoms with Crippen molar-refractivity contribution >= 4 is 0 Å². The van der Waals surface area contributed by atoms with Gasteiger partial charge in [-0.2, -0.15) is 0 Å². The Morgan fingerprint density at radius 1 is 0.462 bits per heavy atom. The summed E-state index contributed by atoms with van der Waals surface area (Å²) in [5.41, 5.74) is 4.80. The van der Waals surface area contributed by atoms with Gasteiger partial charge in [-0.3, -0.25) is 0 Å². The number of hydrogen-bond acceptors (Lipinski definition) is 0. The Morgan fingerprint density at radius 3 is 0.962 bits per heavy atom. The first-order valence-electron chi connectivity index (χ1n) is 11.4. The third kappa shape index (κ3) is 13.2. The van der Waals surface area contributed by atoms with Crippen molar-refractivity contribution in [2.24, 2.45) is 0 Å². The van der Waals surface area contributed by atoms with Crippen LogP contribution in [0.1, 0.15) is 115 Å². The van der Waals surface area contributed by atoms with Crippen LogP contribution in [0.2, 0.25) is 0 Å². The number of rotatable bonds is 15. The van der Waals surface area contributed by atoms with E-state index in [4.69, 9.17) is 0 Å². The lowest BCUT2D eigenvalue weighted by atomic mass is 9.95. The molecular weight excluding hydrogens is 312 g/mol. The first kappa shape index (κ1) is 25.0. The van der Waals surface area contributed by atoms with E-state index >= 15 is 0 Å². The van der Waals surface area contributed by atoms with Crippen molar-refractivity contribution in [2.45, 2.75) is 117 Å². The number of unbranched alkanes of at least 4 members (excludes halogenated alkanes) is 9. The Kier molecular flexibility index (Phi) is 18.0. The van der Waals surface area contributed by atoms with Crippen LogP contribution >= 0.6 is 0 Å². The molecule has 0 fully saturated rings. The van der Waals surface area contributed by atoms with E-state index < -0.39 is 0 Å². The van der Waals surface area contributed by atoms with Crippen molar-refractivity contribution in [3.8, 4) is 0 Å². The molecule has 0 N–H and O–H groups in total. The molecule has 0 heterocycles. The predicted molar refractivity (Wildman–Crippen MR) is 121 cm³/mol. The first-order valence-corrected chi connectivity index (χ1v) is 11.4. The predicted octanol–water partition coefficient (Wildman–Crippen LogP) is 8.86. The Hall–Kier alpha value is -1.04. The van der Waals surface area contributed by atoms with Gasteiger partial charge in [-0.25, -0.2) is 0 Å². The molecule has 0 spiro atoms. The second kappa shape index (κ2) is 18.7. The van der Waals surface area contributed by atoms with Crippen molar-refractivity contribution in [1.82, 2.24) is 0 Å². The van der Waals surface area contributed by atoms with Crippen LogP contribution in [0.25, 0.3) is 0 Å². The van der Waals surface area contributed by atoms with Crippen LogP contribution in [0.4, 0.5) is 0 Å². The topological polar surface area (TPSA) is 0 Å². The summed E-state index contributed by atoms with van der Waals surface area (Å²) in [6, 6.07) is 7.52. The molecule has 1 aromatic carbocycles. The molecule has 0 amide bonds. The van der Waals surface area contributed by atoms with Gasteiger partial charge >= 0.3 is 0 Å². The van der Waals surface area contributed by atoms with Gasteiger partial charge in [0.1, 0.15) is 0 Å². The zero-order valence-corrected chi connectivity index (χ0v) is 18.3. The second-order valence-corrected chi connectivity index (χ2v) is 7.59. The zero-order valence-electron chi connectivity index (χ0n) is 18.3. The van der Waals surface area contributed by atoms with Gasteiger partial charge in [-0.15, -0.1) is 13.2 Å². The highest BCUT2D eigenvalue weighted by Crippen LogP contribution is 2.18. The summed E-state index contributed by atoms with van der Waals surface area (Å²) < 4.78 is 0. The molecule has 0 saturated heterocycles. The van der Waals surface area contributed by atoms with E-state index in [0.29, 0.717) is 0 Å². The van der Waals surface area contributed by atoms with E-state index in [1.807, 2.05) is 0 Å². The Morgan fingerprint density at radius 2 is 0.731 bits per heavy atom. The van der Waals surface area contributed by atoms with Gasteiger partial charge in [0.15, 0.2) is 0 Å². The summed E-state index contributed by atoms with van der Waals surface area (Å²) in [6.45, 7) is 12.9. The molecule has 0 aliphatic heterocycles. The molecule has 0 aliphatic rings. The van der Waals surface area contributed by atoms with Crippen LogP contribution in [0.3, 0.4) is 0 Å². The molecular formula is C26H46. The molecule has 1 aromatic rings. The zero-order chi connectivity index (χ0) is 19.5. The van der Waals surface area contributed by atoms with Crippen LogP contribution in [-0.2, 0) is 19.3 Å². The highest BCUT2D eigenvalue weighted by atomic mass is 14.1. The van der Waals surface area contributed by atoms with Crippen molar-refractivity contribution in [1.29, 1.82) is 0 Å². The SMILES string of the molecule is C=C.CCCCCCc1cc(CCCCCC)cc(CCCCCC)c1. The quantitative estimate of drug-likeness (QED) is 0.217. The summed E-state index contributed by atoms with van der Waals surface area (Å²) in [5, 5.41) is 0. The summed E-state index contributed by atoms with van der Waals surface area (Å²) in [5.74, 6) is 0. The normalized spacial score (nSPS) is 10.4. The number of aryl methyl sites for hydroxylation is 3. The molecule has 0 nitrogen and oxygen atoms in total. The van der Waals surface area contributed by atoms with Gasteiger partial charge in [-0.05, 0) is 55.2 Å². The van der Waals surface area contributed by atoms with Gasteiger partial charge in [-0.1, -0.05) is 96.8 Å². The van der Waals surface area contributed by atoms with Gasteiger partial charge in [0.2, 0.25) is 0 Å². The number of hydrogen-bond donors (Lipinski definition) is 0. The maximum atomic E-state index is 3.00. The molecule has 0 atom stereocenters. The van der Waals surface area contributed by atoms with Crippen LogP contribution in [0.15, 0.2) is 31.4 Å². The minimum absolute atomic E-state index is 1.28. The minimum atomic E-state index is 1.28. The third-order valence-electron chi connectivity index (χ3n) is 5.07. The van der Waals surface area contributed by atoms with Crippen molar-refractivity contribution in [3.63, 3.8) is 0 Å². The first-order chi connectivity index (χ1) is 12.8. The third-order valence-corrected chi connectivity index (χ3v) is 5.07. The fourth-order valence-corrected chi connectivity index (χ4v) is 3.54. The van der Waals surface area contributed by atoms with Crippen LogP contribution in [0, 0.1) is 0 Å². The standard InChI is InChI=1S/C24H42.C2H4/c1-4-7-10-13-16-22-19-23(17-14-11-8-5-2)21-24(20-22)18-15-12-9-6-3;1-2/h19-21H,4-18H2,1-3H3;1-2H2. The molecule has 0 unspecified atom stereocenters. The van der Waals surface area contributed by atoms with E-state index in [1.165, 1.54) is 96.3 Å². The van der Waals surface area contributed by atoms with Crippen molar-refractivity contribution < 1.29 is 0 Å². The molecule has 1 rings (SSSR count). The molecule has 0 aliphatic carbocycles. The summed E-state index contributed by atoms with van der Waals surface area (Å²) >= 11 is 0. The summed E-state index contributed by atoms with van der Waals surface area (Å²) in [4.78, 5) is 0. The van der Waals surface area contributed by atoms with E-state index in [9.17, 15) is 0 Å². The minimum Gasteiger partial charge on any atom is -0.106 e. The van der Waals surface area contributed by atoms with E-state index in [-0.39, 0.29) is 0 Å².